The van der Waals surface area contributed by atoms with Crippen LogP contribution in [0.3, 0.4) is 0 Å². The molecule has 0 aromatic heterocycles. The Balaban J connectivity index is 3.67. The topological polar surface area (TPSA) is 102 Å². The standard InChI is InChI=1S/C11H8I3N3O3/c1-4(19)17-10-8(13)5(2-16-3-18)7(12)6(9(10)14)11(15)20/h2H2,1H3,(H2,15,20)(H,17,19). The molecule has 1 aromatic rings. The number of primary amides is 1. The Labute approximate surface area is 155 Å². The number of isocyanates is 1. The molecule has 0 bridgehead atoms. The van der Waals surface area contributed by atoms with Crippen molar-refractivity contribution >= 4 is 91.4 Å². The first-order valence-corrected chi connectivity index (χ1v) is 8.35. The zero-order valence-electron chi connectivity index (χ0n) is 10.1. The molecule has 2 amide bonds. The second-order valence-corrected chi connectivity index (χ2v) is 6.86. The third-order valence-corrected chi connectivity index (χ3v) is 5.72. The van der Waals surface area contributed by atoms with Gasteiger partial charge in [-0.1, -0.05) is 0 Å². The summed E-state index contributed by atoms with van der Waals surface area (Å²) in [5.41, 5.74) is 6.87. The Kier molecular flexibility index (Phi) is 6.81. The van der Waals surface area contributed by atoms with Gasteiger partial charge in [-0.25, -0.2) is 9.79 Å². The molecule has 3 N–H and O–H groups in total. The van der Waals surface area contributed by atoms with Crippen molar-refractivity contribution in [2.24, 2.45) is 10.7 Å². The first-order chi connectivity index (χ1) is 9.31. The third kappa shape index (κ3) is 3.89. The molecule has 0 saturated heterocycles. The number of nitrogens with zero attached hydrogens (tertiary/aromatic N) is 1. The van der Waals surface area contributed by atoms with Gasteiger partial charge in [0.05, 0.1) is 21.4 Å². The van der Waals surface area contributed by atoms with Gasteiger partial charge in [0.15, 0.2) is 0 Å². The van der Waals surface area contributed by atoms with E-state index in [0.29, 0.717) is 24.0 Å². The summed E-state index contributed by atoms with van der Waals surface area (Å²) < 4.78 is 1.91. The van der Waals surface area contributed by atoms with E-state index in [0.717, 1.165) is 3.57 Å². The maximum atomic E-state index is 11.6. The van der Waals surface area contributed by atoms with Gasteiger partial charge in [0.25, 0.3) is 5.91 Å². The number of carbonyl (C=O) groups is 2. The molecule has 20 heavy (non-hydrogen) atoms. The Morgan fingerprint density at radius 3 is 2.30 bits per heavy atom. The molecule has 0 atom stereocenters. The summed E-state index contributed by atoms with van der Waals surface area (Å²) in [5.74, 6) is -0.861. The predicted octanol–water partition coefficient (Wildman–Crippen LogP) is 2.39. The molecule has 0 heterocycles. The van der Waals surface area contributed by atoms with Gasteiger partial charge in [-0.3, -0.25) is 9.59 Å². The number of benzene rings is 1. The lowest BCUT2D eigenvalue weighted by molar-refractivity contribution is -0.114. The van der Waals surface area contributed by atoms with Crippen LogP contribution in [0.5, 0.6) is 0 Å². The molecule has 9 heteroatoms. The molecule has 6 nitrogen and oxygen atoms in total. The lowest BCUT2D eigenvalue weighted by Gasteiger charge is -2.17. The summed E-state index contributed by atoms with van der Waals surface area (Å²) in [5, 5.41) is 2.68. The van der Waals surface area contributed by atoms with Crippen molar-refractivity contribution in [3.05, 3.63) is 21.8 Å². The molecule has 1 rings (SSSR count). The number of halogens is 3. The van der Waals surface area contributed by atoms with Crippen LogP contribution < -0.4 is 11.1 Å². The molecule has 106 valence electrons. The predicted molar refractivity (Wildman–Crippen MR) is 99.2 cm³/mol. The van der Waals surface area contributed by atoms with E-state index in [1.807, 2.05) is 67.8 Å². The molecular formula is C11H8I3N3O3. The van der Waals surface area contributed by atoms with Gasteiger partial charge >= 0.3 is 0 Å². The van der Waals surface area contributed by atoms with Gasteiger partial charge in [-0.2, -0.15) is 0 Å². The highest BCUT2D eigenvalue weighted by atomic mass is 127. The zero-order valence-corrected chi connectivity index (χ0v) is 16.6. The van der Waals surface area contributed by atoms with Crippen molar-refractivity contribution in [1.29, 1.82) is 0 Å². The van der Waals surface area contributed by atoms with Crippen LogP contribution in [0.4, 0.5) is 5.69 Å². The molecule has 0 spiro atoms. The molecule has 1 aromatic carbocycles. The molecule has 0 radical (unpaired) electrons. The highest BCUT2D eigenvalue weighted by Gasteiger charge is 2.23. The molecule has 0 aliphatic carbocycles. The van der Waals surface area contributed by atoms with Crippen molar-refractivity contribution in [2.75, 3.05) is 5.32 Å². The van der Waals surface area contributed by atoms with E-state index in [9.17, 15) is 14.4 Å². The van der Waals surface area contributed by atoms with Gasteiger partial charge in [0, 0.05) is 19.6 Å². The van der Waals surface area contributed by atoms with E-state index in [1.165, 1.54) is 13.0 Å². The van der Waals surface area contributed by atoms with Crippen molar-refractivity contribution in [3.8, 4) is 0 Å². The number of hydrogen-bond donors (Lipinski definition) is 2. The summed E-state index contributed by atoms with van der Waals surface area (Å²) in [6, 6.07) is 0. The van der Waals surface area contributed by atoms with Gasteiger partial charge in [0.1, 0.15) is 0 Å². The van der Waals surface area contributed by atoms with Crippen LogP contribution in [0.1, 0.15) is 22.8 Å². The minimum absolute atomic E-state index is 0.0732. The van der Waals surface area contributed by atoms with Crippen molar-refractivity contribution in [1.82, 2.24) is 0 Å². The van der Waals surface area contributed by atoms with Crippen LogP contribution in [0, 0.1) is 10.7 Å². The zero-order chi connectivity index (χ0) is 15.4. The lowest BCUT2D eigenvalue weighted by Crippen LogP contribution is -2.20. The molecular weight excluding hydrogens is 603 g/mol. The summed E-state index contributed by atoms with van der Waals surface area (Å²) in [6.45, 7) is 1.45. The number of amides is 2. The molecule has 0 saturated carbocycles. The third-order valence-electron chi connectivity index (χ3n) is 2.26. The average molecular weight is 611 g/mol. The Morgan fingerprint density at radius 2 is 1.85 bits per heavy atom. The Bertz CT molecular complexity index is 609. The Morgan fingerprint density at radius 1 is 1.25 bits per heavy atom. The van der Waals surface area contributed by atoms with Crippen molar-refractivity contribution in [3.63, 3.8) is 0 Å². The molecule has 0 aliphatic heterocycles. The lowest BCUT2D eigenvalue weighted by atomic mass is 10.1. The van der Waals surface area contributed by atoms with Crippen molar-refractivity contribution in [2.45, 2.75) is 13.5 Å². The summed E-state index contributed by atoms with van der Waals surface area (Å²) >= 11 is 5.99. The fraction of sp³-hybridized carbons (Fsp3) is 0.182. The number of aliphatic imine (C=N–C) groups is 1. The summed E-state index contributed by atoms with van der Waals surface area (Å²) in [4.78, 5) is 36.7. The number of nitrogens with one attached hydrogen (secondary N) is 1. The normalized spacial score (nSPS) is 9.80. The Hall–Kier alpha value is -0.270. The minimum atomic E-state index is -0.599. The average Bonchev–Trinajstić information content (AvgIpc) is 2.34. The van der Waals surface area contributed by atoms with Gasteiger partial charge < -0.3 is 11.1 Å². The summed E-state index contributed by atoms with van der Waals surface area (Å²) in [6.07, 6.45) is 1.46. The van der Waals surface area contributed by atoms with E-state index < -0.39 is 5.91 Å². The SMILES string of the molecule is CC(=O)Nc1c(I)c(CN=C=O)c(I)c(C(N)=O)c1I. The first kappa shape index (κ1) is 17.8. The van der Waals surface area contributed by atoms with Crippen LogP contribution in [0.2, 0.25) is 0 Å². The van der Waals surface area contributed by atoms with Crippen LogP contribution in [-0.4, -0.2) is 17.9 Å². The van der Waals surface area contributed by atoms with E-state index in [-0.39, 0.29) is 12.5 Å². The highest BCUT2D eigenvalue weighted by Crippen LogP contribution is 2.35. The maximum absolute atomic E-state index is 11.6. The fourth-order valence-corrected chi connectivity index (χ4v) is 5.78. The molecule has 0 aliphatic rings. The van der Waals surface area contributed by atoms with Crippen LogP contribution in [0.25, 0.3) is 0 Å². The van der Waals surface area contributed by atoms with E-state index in [4.69, 9.17) is 5.73 Å². The van der Waals surface area contributed by atoms with E-state index in [1.54, 1.807) is 0 Å². The monoisotopic (exact) mass is 611 g/mol. The minimum Gasteiger partial charge on any atom is -0.366 e. The maximum Gasteiger partial charge on any atom is 0.250 e. The van der Waals surface area contributed by atoms with Crippen LogP contribution in [-0.2, 0) is 16.1 Å². The highest BCUT2D eigenvalue weighted by molar-refractivity contribution is 14.1. The first-order valence-electron chi connectivity index (χ1n) is 5.11. The second kappa shape index (κ2) is 7.66. The smallest absolute Gasteiger partial charge is 0.250 e. The second-order valence-electron chi connectivity index (χ2n) is 3.62. The van der Waals surface area contributed by atoms with Gasteiger partial charge in [-0.15, -0.1) is 0 Å². The van der Waals surface area contributed by atoms with E-state index >= 15 is 0 Å². The van der Waals surface area contributed by atoms with Crippen LogP contribution >= 0.6 is 67.8 Å². The van der Waals surface area contributed by atoms with Crippen molar-refractivity contribution < 1.29 is 14.4 Å². The van der Waals surface area contributed by atoms with Gasteiger partial charge in [0.2, 0.25) is 12.0 Å². The number of anilines is 1. The number of carbonyl (C=O) groups excluding carboxylic acids is 3. The summed E-state index contributed by atoms with van der Waals surface area (Å²) in [7, 11) is 0. The van der Waals surface area contributed by atoms with Crippen LogP contribution in [0.15, 0.2) is 4.99 Å². The fourth-order valence-electron chi connectivity index (χ4n) is 1.47. The number of nitrogens with two attached hydrogens (primary N) is 1. The van der Waals surface area contributed by atoms with Gasteiger partial charge in [-0.05, 0) is 67.8 Å². The molecule has 0 fully saturated rings. The largest absolute Gasteiger partial charge is 0.366 e. The number of rotatable bonds is 4. The molecule has 0 unspecified atom stereocenters. The number of hydrogen-bond acceptors (Lipinski definition) is 4. The van der Waals surface area contributed by atoms with E-state index in [2.05, 4.69) is 10.3 Å². The quantitative estimate of drug-likeness (QED) is 0.311.